The first-order valence-electron chi connectivity index (χ1n) is 20.6. The average Bonchev–Trinajstić information content (AvgIpc) is 3.41. The van der Waals surface area contributed by atoms with E-state index in [1.165, 1.54) is 13.8 Å². The molecule has 0 N–H and O–H groups in total. The number of hydrogen-bond acceptors (Lipinski definition) is 9. The van der Waals surface area contributed by atoms with E-state index in [9.17, 15) is 24.0 Å². The third-order valence-electron chi connectivity index (χ3n) is 11.7. The van der Waals surface area contributed by atoms with Gasteiger partial charge in [0.15, 0.2) is 5.60 Å². The number of rotatable bonds is 12. The zero-order chi connectivity index (χ0) is 44.2. The van der Waals surface area contributed by atoms with Gasteiger partial charge in [0.2, 0.25) is 0 Å². The van der Waals surface area contributed by atoms with Crippen LogP contribution < -0.4 is 14.2 Å². The van der Waals surface area contributed by atoms with Crippen LogP contribution in [0.15, 0.2) is 84.9 Å². The molecule has 0 bridgehead atoms. The van der Waals surface area contributed by atoms with Crippen molar-refractivity contribution in [1.82, 2.24) is 0 Å². The number of carbonyl (C=O) groups is 5. The lowest BCUT2D eigenvalue weighted by Crippen LogP contribution is -2.33. The van der Waals surface area contributed by atoms with Crippen LogP contribution in [0.1, 0.15) is 126 Å². The Morgan fingerprint density at radius 2 is 1.03 bits per heavy atom. The highest BCUT2D eigenvalue weighted by atomic mass is 16.6. The minimum atomic E-state index is -1.32. The number of carbonyl (C=O) groups excluding carboxylic acids is 5. The molecule has 5 aromatic rings. The lowest BCUT2D eigenvalue weighted by Gasteiger charge is -2.37. The summed E-state index contributed by atoms with van der Waals surface area (Å²) >= 11 is 0. The molecule has 2 aliphatic heterocycles. The Labute approximate surface area is 357 Å². The molecule has 0 saturated carbocycles. The molecule has 7 rings (SSSR count). The van der Waals surface area contributed by atoms with E-state index in [1.54, 1.807) is 12.1 Å². The molecule has 0 fully saturated rings. The number of fused-ring (bicyclic) bond motifs is 6. The SMILES string of the molecule is CC(=O)Oc1cc(C)cc(C)c1C(C)(C)CC(=O)Cc1ccc2c(c1)Oc1cc(CC(=O)CC(C)(C)c3c(C)cc(C)cc3OC(C)=O)ccc1C21OC(=O)c2ccccc21. The Hall–Kier alpha value is -6.35. The van der Waals surface area contributed by atoms with Gasteiger partial charge in [-0.1, -0.05) is 82.3 Å². The number of ketones is 2. The molecular weight excluding hydrogens is 769 g/mol. The lowest BCUT2D eigenvalue weighted by molar-refractivity contribution is -0.133. The van der Waals surface area contributed by atoms with Crippen molar-refractivity contribution >= 4 is 29.5 Å². The monoisotopic (exact) mass is 820 g/mol. The number of aryl methyl sites for hydroxylation is 4. The molecule has 5 aromatic carbocycles. The molecule has 0 unspecified atom stereocenters. The molecule has 0 amide bonds. The normalized spacial score (nSPS) is 13.7. The zero-order valence-corrected chi connectivity index (χ0v) is 36.6. The number of esters is 3. The second-order valence-electron chi connectivity index (χ2n) is 18.0. The van der Waals surface area contributed by atoms with Gasteiger partial charge in [-0.25, -0.2) is 4.79 Å². The average molecular weight is 821 g/mol. The van der Waals surface area contributed by atoms with Gasteiger partial charge in [-0.15, -0.1) is 0 Å². The van der Waals surface area contributed by atoms with E-state index >= 15 is 0 Å². The Morgan fingerprint density at radius 1 is 0.590 bits per heavy atom. The highest BCUT2D eigenvalue weighted by molar-refractivity contribution is 5.97. The summed E-state index contributed by atoms with van der Waals surface area (Å²) in [5.41, 5.74) is 6.58. The third kappa shape index (κ3) is 8.26. The molecule has 0 aliphatic carbocycles. The predicted molar refractivity (Wildman–Crippen MR) is 232 cm³/mol. The second-order valence-corrected chi connectivity index (χ2v) is 18.0. The molecule has 0 atom stereocenters. The van der Waals surface area contributed by atoms with E-state index in [2.05, 4.69) is 0 Å². The summed E-state index contributed by atoms with van der Waals surface area (Å²) < 4.78 is 24.3. The maximum absolute atomic E-state index is 13.9. The van der Waals surface area contributed by atoms with E-state index in [0.29, 0.717) is 56.4 Å². The molecule has 2 aliphatic rings. The molecule has 0 aromatic heterocycles. The second kappa shape index (κ2) is 15.9. The first kappa shape index (κ1) is 42.8. The van der Waals surface area contributed by atoms with Gasteiger partial charge >= 0.3 is 17.9 Å². The third-order valence-corrected chi connectivity index (χ3v) is 11.7. The van der Waals surface area contributed by atoms with Crippen molar-refractivity contribution in [2.45, 2.75) is 111 Å². The van der Waals surface area contributed by atoms with Crippen molar-refractivity contribution in [2.75, 3.05) is 0 Å². The van der Waals surface area contributed by atoms with E-state index in [0.717, 1.165) is 33.4 Å². The summed E-state index contributed by atoms with van der Waals surface area (Å²) in [6.07, 6.45) is 0.579. The van der Waals surface area contributed by atoms with Gasteiger partial charge in [0.05, 0.1) is 5.56 Å². The molecule has 2 heterocycles. The fraction of sp³-hybridized carbons (Fsp3) is 0.327. The standard InChI is InChI=1S/C52H52O9/c1-29-19-31(3)47(45(21-29)58-33(5)53)50(7,8)27-37(55)23-35-15-17-41-43(25-35)60-44-26-36(16-18-42(44)52(41)40-14-12-11-13-39(40)49(57)61-52)24-38(56)28-51(9,10)48-32(4)20-30(2)22-46(48)59-34(6)54/h11-22,25-26H,23-24,27-28H2,1-10H3. The van der Waals surface area contributed by atoms with Crippen LogP contribution >= 0.6 is 0 Å². The van der Waals surface area contributed by atoms with Gasteiger partial charge in [-0.05, 0) is 91.4 Å². The molecule has 9 heteroatoms. The van der Waals surface area contributed by atoms with Crippen molar-refractivity contribution in [3.63, 3.8) is 0 Å². The maximum atomic E-state index is 13.9. The molecule has 61 heavy (non-hydrogen) atoms. The van der Waals surface area contributed by atoms with Gasteiger partial charge in [-0.2, -0.15) is 0 Å². The van der Waals surface area contributed by atoms with Crippen LogP contribution in [0, 0.1) is 27.7 Å². The summed E-state index contributed by atoms with van der Waals surface area (Å²) in [6.45, 7) is 18.4. The highest BCUT2D eigenvalue weighted by Gasteiger charge is 2.53. The van der Waals surface area contributed by atoms with Crippen LogP contribution in [0.3, 0.4) is 0 Å². The largest absolute Gasteiger partial charge is 0.456 e. The number of Topliss-reactive ketones (excluding diaryl/α,β-unsaturated/α-hetero) is 2. The zero-order valence-electron chi connectivity index (χ0n) is 36.6. The van der Waals surface area contributed by atoms with Crippen molar-refractivity contribution in [3.8, 4) is 23.0 Å². The molecule has 9 nitrogen and oxygen atoms in total. The van der Waals surface area contributed by atoms with Gasteiger partial charge in [0.25, 0.3) is 0 Å². The van der Waals surface area contributed by atoms with Gasteiger partial charge in [0, 0.05) is 78.2 Å². The van der Waals surface area contributed by atoms with Crippen LogP contribution in [0.2, 0.25) is 0 Å². The first-order valence-corrected chi connectivity index (χ1v) is 20.6. The van der Waals surface area contributed by atoms with E-state index < -0.39 is 34.3 Å². The topological polar surface area (TPSA) is 122 Å². The maximum Gasteiger partial charge on any atom is 0.340 e. The van der Waals surface area contributed by atoms with E-state index in [4.69, 9.17) is 18.9 Å². The summed E-state index contributed by atoms with van der Waals surface area (Å²) in [4.78, 5) is 65.4. The lowest BCUT2D eigenvalue weighted by atomic mass is 9.75. The van der Waals surface area contributed by atoms with Crippen molar-refractivity contribution in [1.29, 1.82) is 0 Å². The quantitative estimate of drug-likeness (QED) is 0.0894. The molecule has 0 radical (unpaired) electrons. The van der Waals surface area contributed by atoms with Gasteiger partial charge < -0.3 is 18.9 Å². The Bertz CT molecular complexity index is 2510. The molecular formula is C52H52O9. The van der Waals surface area contributed by atoms with E-state index in [-0.39, 0.29) is 37.2 Å². The molecule has 314 valence electrons. The van der Waals surface area contributed by atoms with E-state index in [1.807, 2.05) is 128 Å². The van der Waals surface area contributed by atoms with Crippen molar-refractivity contribution in [3.05, 3.63) is 152 Å². The van der Waals surface area contributed by atoms with Crippen LogP contribution in [-0.2, 0) is 53.2 Å². The fourth-order valence-electron chi connectivity index (χ4n) is 9.79. The Morgan fingerprint density at radius 3 is 1.48 bits per heavy atom. The van der Waals surface area contributed by atoms with Crippen LogP contribution in [0.4, 0.5) is 0 Å². The summed E-state index contributed by atoms with van der Waals surface area (Å²) in [5, 5.41) is 0. The highest BCUT2D eigenvalue weighted by Crippen LogP contribution is 2.56. The smallest absolute Gasteiger partial charge is 0.340 e. The minimum Gasteiger partial charge on any atom is -0.456 e. The summed E-state index contributed by atoms with van der Waals surface area (Å²) in [7, 11) is 0. The summed E-state index contributed by atoms with van der Waals surface area (Å²) in [5.74, 6) is 0.430. The van der Waals surface area contributed by atoms with Crippen LogP contribution in [-0.4, -0.2) is 29.5 Å². The first-order chi connectivity index (χ1) is 28.7. The predicted octanol–water partition coefficient (Wildman–Crippen LogP) is 10.3. The number of benzene rings is 5. The molecule has 0 saturated heterocycles. The van der Waals surface area contributed by atoms with Crippen LogP contribution in [0.25, 0.3) is 0 Å². The van der Waals surface area contributed by atoms with Gasteiger partial charge in [-0.3, -0.25) is 19.2 Å². The number of ether oxygens (including phenoxy) is 4. The van der Waals surface area contributed by atoms with Crippen molar-refractivity contribution < 1.29 is 42.9 Å². The Balaban J connectivity index is 1.19. The minimum absolute atomic E-state index is 0.0215. The fourth-order valence-corrected chi connectivity index (χ4v) is 9.79. The van der Waals surface area contributed by atoms with Crippen LogP contribution in [0.5, 0.6) is 23.0 Å². The Kier molecular flexibility index (Phi) is 11.2. The van der Waals surface area contributed by atoms with Crippen molar-refractivity contribution in [2.24, 2.45) is 0 Å². The number of hydrogen-bond donors (Lipinski definition) is 0. The summed E-state index contributed by atoms with van der Waals surface area (Å²) in [6, 6.07) is 26.1. The van der Waals surface area contributed by atoms with Gasteiger partial charge in [0.1, 0.15) is 34.6 Å². The molecule has 1 spiro atoms.